The fourth-order valence-electron chi connectivity index (χ4n) is 2.16. The summed E-state index contributed by atoms with van der Waals surface area (Å²) in [6.07, 6.45) is 0. The van der Waals surface area contributed by atoms with Gasteiger partial charge in [-0.25, -0.2) is 4.98 Å². The van der Waals surface area contributed by atoms with Gasteiger partial charge >= 0.3 is 0 Å². The molecule has 0 aliphatic carbocycles. The molecule has 2 rings (SSSR count). The largest absolute Gasteiger partial charge is 0.384 e. The minimum Gasteiger partial charge on any atom is -0.384 e. The summed E-state index contributed by atoms with van der Waals surface area (Å²) in [6.45, 7) is 6.53. The Labute approximate surface area is 109 Å². The Kier molecular flexibility index (Phi) is 4.38. The molecule has 18 heavy (non-hydrogen) atoms. The van der Waals surface area contributed by atoms with E-state index in [1.807, 2.05) is 18.2 Å². The molecule has 0 atom stereocenters. The number of nitrogens with zero attached hydrogens (tertiary/aromatic N) is 4. The van der Waals surface area contributed by atoms with Crippen LogP contribution in [-0.2, 0) is 0 Å². The third kappa shape index (κ3) is 3.58. The normalized spacial score (nSPS) is 17.4. The highest BCUT2D eigenvalue weighted by molar-refractivity contribution is 5.45. The summed E-state index contributed by atoms with van der Waals surface area (Å²) < 4.78 is 0. The second-order valence-corrected chi connectivity index (χ2v) is 5.05. The van der Waals surface area contributed by atoms with E-state index in [-0.39, 0.29) is 0 Å². The predicted octanol–water partition coefficient (Wildman–Crippen LogP) is 0.347. The minimum atomic E-state index is 0.600. The maximum Gasteiger partial charge on any atom is 0.131 e. The molecular formula is C13H23N5. The average Bonchev–Trinajstić information content (AvgIpc) is 2.37. The van der Waals surface area contributed by atoms with E-state index in [1.165, 1.54) is 0 Å². The minimum absolute atomic E-state index is 0.600. The van der Waals surface area contributed by atoms with Crippen molar-refractivity contribution in [2.45, 2.75) is 0 Å². The van der Waals surface area contributed by atoms with Crippen molar-refractivity contribution >= 4 is 11.6 Å². The van der Waals surface area contributed by atoms with Crippen molar-refractivity contribution in [3.63, 3.8) is 0 Å². The van der Waals surface area contributed by atoms with Crippen LogP contribution in [0.1, 0.15) is 0 Å². The van der Waals surface area contributed by atoms with Gasteiger partial charge in [-0.2, -0.15) is 0 Å². The number of nitrogens with two attached hydrogens (primary N) is 1. The summed E-state index contributed by atoms with van der Waals surface area (Å²) >= 11 is 0. The van der Waals surface area contributed by atoms with Crippen LogP contribution < -0.4 is 10.6 Å². The fourth-order valence-corrected chi connectivity index (χ4v) is 2.16. The van der Waals surface area contributed by atoms with Gasteiger partial charge in [0.2, 0.25) is 0 Å². The first-order valence-corrected chi connectivity index (χ1v) is 6.50. The summed E-state index contributed by atoms with van der Waals surface area (Å²) in [4.78, 5) is 11.4. The Hall–Kier alpha value is -1.33. The first kappa shape index (κ1) is 13.1. The average molecular weight is 249 g/mol. The number of aromatic nitrogens is 1. The lowest BCUT2D eigenvalue weighted by atomic mass is 10.3. The zero-order valence-corrected chi connectivity index (χ0v) is 11.3. The molecule has 1 aromatic heterocycles. The van der Waals surface area contributed by atoms with E-state index in [0.29, 0.717) is 5.82 Å². The van der Waals surface area contributed by atoms with Gasteiger partial charge < -0.3 is 15.5 Å². The van der Waals surface area contributed by atoms with Crippen LogP contribution in [0.25, 0.3) is 0 Å². The number of anilines is 2. The lowest BCUT2D eigenvalue weighted by molar-refractivity contribution is 0.229. The first-order chi connectivity index (χ1) is 8.65. The van der Waals surface area contributed by atoms with Crippen LogP contribution in [0.3, 0.4) is 0 Å². The topological polar surface area (TPSA) is 48.6 Å². The Morgan fingerprint density at radius 1 is 1.22 bits per heavy atom. The summed E-state index contributed by atoms with van der Waals surface area (Å²) in [5.41, 5.74) is 5.72. The highest BCUT2D eigenvalue weighted by atomic mass is 15.3. The number of piperazine rings is 1. The quantitative estimate of drug-likeness (QED) is 0.834. The molecule has 100 valence electrons. The monoisotopic (exact) mass is 249 g/mol. The van der Waals surface area contributed by atoms with Crippen molar-refractivity contribution in [3.8, 4) is 0 Å². The SMILES string of the molecule is CN(C)CCN1CCN(c2cccc(N)n2)CC1. The van der Waals surface area contributed by atoms with Gasteiger partial charge in [0.15, 0.2) is 0 Å². The van der Waals surface area contributed by atoms with Crippen LogP contribution in [0.4, 0.5) is 11.6 Å². The van der Waals surface area contributed by atoms with Crippen LogP contribution in [0.15, 0.2) is 18.2 Å². The molecule has 0 radical (unpaired) electrons. The highest BCUT2D eigenvalue weighted by Crippen LogP contribution is 2.14. The van der Waals surface area contributed by atoms with Crippen molar-refractivity contribution in [2.75, 3.05) is 64.0 Å². The summed E-state index contributed by atoms with van der Waals surface area (Å²) in [7, 11) is 4.24. The Morgan fingerprint density at radius 2 is 1.94 bits per heavy atom. The number of hydrogen-bond acceptors (Lipinski definition) is 5. The lowest BCUT2D eigenvalue weighted by Gasteiger charge is -2.35. The van der Waals surface area contributed by atoms with E-state index in [4.69, 9.17) is 5.73 Å². The van der Waals surface area contributed by atoms with Gasteiger partial charge in [0.1, 0.15) is 11.6 Å². The van der Waals surface area contributed by atoms with Crippen LogP contribution >= 0.6 is 0 Å². The molecule has 1 fully saturated rings. The van der Waals surface area contributed by atoms with Crippen LogP contribution in [0.5, 0.6) is 0 Å². The molecule has 2 heterocycles. The maximum atomic E-state index is 5.72. The second kappa shape index (κ2) is 6.02. The van der Waals surface area contributed by atoms with Gasteiger partial charge in [-0.3, -0.25) is 4.90 Å². The van der Waals surface area contributed by atoms with Gasteiger partial charge in [0.25, 0.3) is 0 Å². The molecule has 0 saturated carbocycles. The fraction of sp³-hybridized carbons (Fsp3) is 0.615. The number of rotatable bonds is 4. The van der Waals surface area contributed by atoms with E-state index in [0.717, 1.165) is 45.1 Å². The van der Waals surface area contributed by atoms with E-state index in [1.54, 1.807) is 0 Å². The summed E-state index contributed by atoms with van der Waals surface area (Å²) in [5, 5.41) is 0. The molecule has 2 N–H and O–H groups in total. The molecule has 0 aromatic carbocycles. The van der Waals surface area contributed by atoms with E-state index in [9.17, 15) is 0 Å². The van der Waals surface area contributed by atoms with Crippen LogP contribution in [0, 0.1) is 0 Å². The van der Waals surface area contributed by atoms with Crippen LogP contribution in [0.2, 0.25) is 0 Å². The van der Waals surface area contributed by atoms with Gasteiger partial charge in [-0.05, 0) is 26.2 Å². The van der Waals surface area contributed by atoms with Gasteiger partial charge in [-0.15, -0.1) is 0 Å². The van der Waals surface area contributed by atoms with Gasteiger partial charge in [0.05, 0.1) is 0 Å². The Morgan fingerprint density at radius 3 is 2.56 bits per heavy atom. The maximum absolute atomic E-state index is 5.72. The molecule has 5 heteroatoms. The Balaban J connectivity index is 1.83. The smallest absolute Gasteiger partial charge is 0.131 e. The van der Waals surface area contributed by atoms with Gasteiger partial charge in [-0.1, -0.05) is 6.07 Å². The number of pyridine rings is 1. The summed E-state index contributed by atoms with van der Waals surface area (Å²) in [6, 6.07) is 5.83. The molecule has 0 amide bonds. The standard InChI is InChI=1S/C13H23N5/c1-16(2)6-7-17-8-10-18(11-9-17)13-5-3-4-12(14)15-13/h3-5H,6-11H2,1-2H3,(H2,14,15). The van der Waals surface area contributed by atoms with Crippen molar-refractivity contribution in [1.29, 1.82) is 0 Å². The lowest BCUT2D eigenvalue weighted by Crippen LogP contribution is -2.48. The van der Waals surface area contributed by atoms with Crippen LogP contribution in [-0.4, -0.2) is 68.1 Å². The van der Waals surface area contributed by atoms with Crippen molar-refractivity contribution in [1.82, 2.24) is 14.8 Å². The van der Waals surface area contributed by atoms with E-state index >= 15 is 0 Å². The highest BCUT2D eigenvalue weighted by Gasteiger charge is 2.17. The van der Waals surface area contributed by atoms with Gasteiger partial charge in [0, 0.05) is 39.3 Å². The number of hydrogen-bond donors (Lipinski definition) is 1. The Bertz CT molecular complexity index is 371. The van der Waals surface area contributed by atoms with Crippen molar-refractivity contribution in [3.05, 3.63) is 18.2 Å². The number of likely N-dealkylation sites (N-methyl/N-ethyl adjacent to an activating group) is 1. The number of nitrogen functional groups attached to an aromatic ring is 1. The predicted molar refractivity (Wildman–Crippen MR) is 75.9 cm³/mol. The molecule has 1 aromatic rings. The zero-order valence-electron chi connectivity index (χ0n) is 11.3. The van der Waals surface area contributed by atoms with E-state index in [2.05, 4.69) is 33.8 Å². The molecular weight excluding hydrogens is 226 g/mol. The molecule has 1 aliphatic rings. The van der Waals surface area contributed by atoms with Crippen molar-refractivity contribution in [2.24, 2.45) is 0 Å². The molecule has 0 spiro atoms. The molecule has 1 aliphatic heterocycles. The third-order valence-corrected chi connectivity index (χ3v) is 3.32. The van der Waals surface area contributed by atoms with Crippen molar-refractivity contribution < 1.29 is 0 Å². The molecule has 0 unspecified atom stereocenters. The van der Waals surface area contributed by atoms with E-state index < -0.39 is 0 Å². The molecule has 0 bridgehead atoms. The summed E-state index contributed by atoms with van der Waals surface area (Å²) in [5.74, 6) is 1.60. The molecule has 5 nitrogen and oxygen atoms in total. The second-order valence-electron chi connectivity index (χ2n) is 5.05. The molecule has 1 saturated heterocycles. The third-order valence-electron chi connectivity index (χ3n) is 3.32. The zero-order chi connectivity index (χ0) is 13.0. The first-order valence-electron chi connectivity index (χ1n) is 6.50.